The minimum absolute atomic E-state index is 0.110. The fourth-order valence-corrected chi connectivity index (χ4v) is 4.08. The summed E-state index contributed by atoms with van der Waals surface area (Å²) >= 11 is 0. The van der Waals surface area contributed by atoms with Crippen LogP contribution in [0.3, 0.4) is 0 Å². The Morgan fingerprint density at radius 3 is 3.00 bits per heavy atom. The highest BCUT2D eigenvalue weighted by Gasteiger charge is 2.26. The van der Waals surface area contributed by atoms with Gasteiger partial charge in [-0.2, -0.15) is 0 Å². The standard InChI is InChI=1S/C22H22N6O2/c23-21-19-20(16-7-1-2-8-17(16)26-21)28-15(12-30-13-18(28)27-19)6-4-10-25-22(29)14-5-3-9-24-11-14/h1-3,5,7-9,11,15H,4,6,10,12-13H2,(H2,23,26)(H,25,29)/t15-/m0/s1. The molecular formula is C22H22N6O2. The van der Waals surface area contributed by atoms with E-state index in [9.17, 15) is 4.79 Å². The van der Waals surface area contributed by atoms with Gasteiger partial charge in [0, 0.05) is 24.3 Å². The molecule has 152 valence electrons. The Labute approximate surface area is 173 Å². The number of benzene rings is 1. The van der Waals surface area contributed by atoms with Gasteiger partial charge in [-0.15, -0.1) is 0 Å². The first kappa shape index (κ1) is 18.5. The number of pyridine rings is 2. The molecule has 0 saturated heterocycles. The van der Waals surface area contributed by atoms with E-state index in [2.05, 4.69) is 25.9 Å². The first-order valence-electron chi connectivity index (χ1n) is 10.0. The van der Waals surface area contributed by atoms with Gasteiger partial charge in [0.2, 0.25) is 0 Å². The van der Waals surface area contributed by atoms with E-state index in [1.54, 1.807) is 24.5 Å². The third-order valence-corrected chi connectivity index (χ3v) is 5.46. The average Bonchev–Trinajstić information content (AvgIpc) is 3.19. The largest absolute Gasteiger partial charge is 0.382 e. The number of fused-ring (bicyclic) bond motifs is 5. The minimum atomic E-state index is -0.110. The minimum Gasteiger partial charge on any atom is -0.382 e. The van der Waals surface area contributed by atoms with Crippen LogP contribution in [0.5, 0.6) is 0 Å². The summed E-state index contributed by atoms with van der Waals surface area (Å²) in [6.07, 6.45) is 4.89. The first-order valence-corrected chi connectivity index (χ1v) is 10.0. The Hall–Kier alpha value is -3.52. The Morgan fingerprint density at radius 2 is 2.13 bits per heavy atom. The zero-order valence-corrected chi connectivity index (χ0v) is 16.4. The molecule has 0 spiro atoms. The predicted octanol–water partition coefficient (Wildman–Crippen LogP) is 2.84. The molecule has 0 aliphatic carbocycles. The number of rotatable bonds is 5. The maximum absolute atomic E-state index is 12.2. The number of aromatic nitrogens is 4. The summed E-state index contributed by atoms with van der Waals surface area (Å²) < 4.78 is 8.05. The van der Waals surface area contributed by atoms with Crippen LogP contribution in [0.1, 0.15) is 35.1 Å². The Kier molecular flexibility index (Phi) is 4.76. The molecule has 3 N–H and O–H groups in total. The lowest BCUT2D eigenvalue weighted by molar-refractivity contribution is 0.0533. The number of nitrogen functional groups attached to an aromatic ring is 1. The average molecular weight is 402 g/mol. The zero-order chi connectivity index (χ0) is 20.5. The SMILES string of the molecule is Nc1nc2ccccc2c2c1nc1n2[C@@H](CCCNC(=O)c2cccnc2)COC1. The number of imidazole rings is 1. The topological polar surface area (TPSA) is 108 Å². The van der Waals surface area contributed by atoms with Crippen LogP contribution in [0.4, 0.5) is 5.82 Å². The summed E-state index contributed by atoms with van der Waals surface area (Å²) in [7, 11) is 0. The van der Waals surface area contributed by atoms with E-state index >= 15 is 0 Å². The molecule has 3 aromatic heterocycles. The van der Waals surface area contributed by atoms with Crippen LogP contribution < -0.4 is 11.1 Å². The van der Waals surface area contributed by atoms with Gasteiger partial charge in [-0.05, 0) is 31.0 Å². The number of nitrogens with zero attached hydrogens (tertiary/aromatic N) is 4. The Balaban J connectivity index is 1.37. The van der Waals surface area contributed by atoms with Gasteiger partial charge in [0.05, 0.1) is 29.2 Å². The lowest BCUT2D eigenvalue weighted by Crippen LogP contribution is -2.27. The van der Waals surface area contributed by atoms with Crippen molar-refractivity contribution in [3.05, 3.63) is 60.2 Å². The van der Waals surface area contributed by atoms with Gasteiger partial charge in [0.25, 0.3) is 5.91 Å². The lowest BCUT2D eigenvalue weighted by atomic mass is 10.1. The van der Waals surface area contributed by atoms with Gasteiger partial charge in [0.15, 0.2) is 5.82 Å². The molecule has 1 aromatic carbocycles. The molecule has 1 amide bonds. The molecule has 30 heavy (non-hydrogen) atoms. The van der Waals surface area contributed by atoms with Crippen molar-refractivity contribution in [3.63, 3.8) is 0 Å². The zero-order valence-electron chi connectivity index (χ0n) is 16.4. The highest BCUT2D eigenvalue weighted by molar-refractivity contribution is 6.06. The van der Waals surface area contributed by atoms with Crippen molar-refractivity contribution in [3.8, 4) is 0 Å². The maximum Gasteiger partial charge on any atom is 0.252 e. The van der Waals surface area contributed by atoms with Crippen LogP contribution in [0.25, 0.3) is 21.9 Å². The first-order chi connectivity index (χ1) is 14.7. The molecule has 4 aromatic rings. The van der Waals surface area contributed by atoms with Crippen LogP contribution in [0, 0.1) is 0 Å². The molecule has 0 radical (unpaired) electrons. The van der Waals surface area contributed by atoms with E-state index in [1.165, 1.54) is 0 Å². The van der Waals surface area contributed by atoms with Crippen LogP contribution in [-0.2, 0) is 11.3 Å². The normalized spacial score (nSPS) is 15.9. The number of hydrogen-bond acceptors (Lipinski definition) is 6. The van der Waals surface area contributed by atoms with Gasteiger partial charge in [-0.25, -0.2) is 9.97 Å². The van der Waals surface area contributed by atoms with E-state index in [0.29, 0.717) is 31.1 Å². The van der Waals surface area contributed by atoms with E-state index in [1.807, 2.05) is 18.2 Å². The van der Waals surface area contributed by atoms with E-state index < -0.39 is 0 Å². The van der Waals surface area contributed by atoms with Crippen molar-refractivity contribution in [1.82, 2.24) is 24.8 Å². The summed E-state index contributed by atoms with van der Waals surface area (Å²) in [5.41, 5.74) is 9.38. The number of para-hydroxylation sites is 1. The fraction of sp³-hybridized carbons (Fsp3) is 0.273. The van der Waals surface area contributed by atoms with Crippen LogP contribution in [0.15, 0.2) is 48.8 Å². The lowest BCUT2D eigenvalue weighted by Gasteiger charge is -2.26. The van der Waals surface area contributed by atoms with Crippen molar-refractivity contribution in [2.45, 2.75) is 25.5 Å². The van der Waals surface area contributed by atoms with Gasteiger partial charge >= 0.3 is 0 Å². The highest BCUT2D eigenvalue weighted by Crippen LogP contribution is 2.34. The number of ether oxygens (including phenoxy) is 1. The second-order valence-corrected chi connectivity index (χ2v) is 7.42. The number of carbonyl (C=O) groups excluding carboxylic acids is 1. The van der Waals surface area contributed by atoms with Gasteiger partial charge in [-0.1, -0.05) is 18.2 Å². The molecule has 1 aliphatic heterocycles. The number of carbonyl (C=O) groups is 1. The Morgan fingerprint density at radius 1 is 1.23 bits per heavy atom. The molecule has 4 heterocycles. The van der Waals surface area contributed by atoms with Crippen molar-refractivity contribution in [1.29, 1.82) is 0 Å². The summed E-state index contributed by atoms with van der Waals surface area (Å²) in [5, 5.41) is 4.00. The molecule has 8 heteroatoms. The predicted molar refractivity (Wildman–Crippen MR) is 114 cm³/mol. The number of anilines is 1. The molecular weight excluding hydrogens is 380 g/mol. The smallest absolute Gasteiger partial charge is 0.252 e. The maximum atomic E-state index is 12.2. The number of nitrogens with two attached hydrogens (primary N) is 1. The van der Waals surface area contributed by atoms with Crippen molar-refractivity contribution >= 4 is 33.7 Å². The summed E-state index contributed by atoms with van der Waals surface area (Å²) in [5.74, 6) is 1.19. The Bertz CT molecular complexity index is 1220. The number of nitrogens with one attached hydrogen (secondary N) is 1. The van der Waals surface area contributed by atoms with E-state index in [-0.39, 0.29) is 11.9 Å². The van der Waals surface area contributed by atoms with Crippen molar-refractivity contribution in [2.75, 3.05) is 18.9 Å². The molecule has 8 nitrogen and oxygen atoms in total. The second-order valence-electron chi connectivity index (χ2n) is 7.42. The molecule has 1 atom stereocenters. The third kappa shape index (κ3) is 3.25. The van der Waals surface area contributed by atoms with E-state index in [4.69, 9.17) is 15.5 Å². The van der Waals surface area contributed by atoms with Crippen LogP contribution in [0.2, 0.25) is 0 Å². The third-order valence-electron chi connectivity index (χ3n) is 5.46. The molecule has 0 fully saturated rings. The number of amides is 1. The van der Waals surface area contributed by atoms with Gasteiger partial charge in [0.1, 0.15) is 17.9 Å². The van der Waals surface area contributed by atoms with Gasteiger partial charge in [-0.3, -0.25) is 9.78 Å². The van der Waals surface area contributed by atoms with Gasteiger partial charge < -0.3 is 20.4 Å². The highest BCUT2D eigenvalue weighted by atomic mass is 16.5. The monoisotopic (exact) mass is 402 g/mol. The molecule has 0 bridgehead atoms. The van der Waals surface area contributed by atoms with E-state index in [0.717, 1.165) is 40.6 Å². The molecule has 0 saturated carbocycles. The quantitative estimate of drug-likeness (QED) is 0.497. The molecule has 0 unspecified atom stereocenters. The second kappa shape index (κ2) is 7.72. The summed E-state index contributed by atoms with van der Waals surface area (Å²) in [6, 6.07) is 11.6. The van der Waals surface area contributed by atoms with Crippen molar-refractivity contribution < 1.29 is 9.53 Å². The summed E-state index contributed by atoms with van der Waals surface area (Å²) in [6.45, 7) is 1.64. The van der Waals surface area contributed by atoms with Crippen LogP contribution >= 0.6 is 0 Å². The molecule has 1 aliphatic rings. The number of hydrogen-bond donors (Lipinski definition) is 2. The van der Waals surface area contributed by atoms with Crippen molar-refractivity contribution in [2.24, 2.45) is 0 Å². The molecule has 5 rings (SSSR count). The summed E-state index contributed by atoms with van der Waals surface area (Å²) in [4.78, 5) is 25.4. The fourth-order valence-electron chi connectivity index (χ4n) is 4.08. The van der Waals surface area contributed by atoms with Crippen LogP contribution in [-0.4, -0.2) is 38.6 Å².